The summed E-state index contributed by atoms with van der Waals surface area (Å²) in [7, 11) is 2.83. The van der Waals surface area contributed by atoms with Gasteiger partial charge in [0.2, 0.25) is 47.3 Å². The molecule has 0 radical (unpaired) electrons. The third kappa shape index (κ3) is 25.6. The Labute approximate surface area is 734 Å². The molecule has 2 saturated heterocycles. The molecule has 0 aliphatic carbocycles. The summed E-state index contributed by atoms with van der Waals surface area (Å²) in [4.78, 5) is 164. The van der Waals surface area contributed by atoms with Crippen molar-refractivity contribution in [3.05, 3.63) is 199 Å². The van der Waals surface area contributed by atoms with Crippen LogP contribution in [0.4, 0.5) is 9.59 Å². The molecule has 1 unspecified atom stereocenters. The first-order valence-electron chi connectivity index (χ1n) is 42.3. The quantitative estimate of drug-likeness (QED) is 0.0171. The summed E-state index contributed by atoms with van der Waals surface area (Å²) < 4.78 is 24.5. The normalized spacial score (nSPS) is 17.3. The number of carbonyl (C=O) groups is 11. The zero-order valence-corrected chi connectivity index (χ0v) is 74.6. The highest BCUT2D eigenvalue weighted by Gasteiger charge is 2.49. The predicted molar refractivity (Wildman–Crippen MR) is 471 cm³/mol. The summed E-state index contributed by atoms with van der Waals surface area (Å²) in [6.45, 7) is 31.5. The van der Waals surface area contributed by atoms with E-state index in [4.69, 9.17) is 18.9 Å². The fourth-order valence-electron chi connectivity index (χ4n) is 15.0. The molecule has 12 atom stereocenters. The molecular formula is C93H119N17O16. The number of H-pyrrole nitrogens is 1. The first-order chi connectivity index (χ1) is 59.4. The Kier molecular flexibility index (Phi) is 31.1. The summed E-state index contributed by atoms with van der Waals surface area (Å²) >= 11 is 0. The molecule has 10 amide bonds. The molecule has 672 valence electrons. The maximum absolute atomic E-state index is 15.6. The van der Waals surface area contributed by atoms with Crippen LogP contribution in [0.3, 0.4) is 0 Å². The summed E-state index contributed by atoms with van der Waals surface area (Å²) in [6, 6.07) is 27.4. The van der Waals surface area contributed by atoms with E-state index in [1.807, 2.05) is 97.1 Å². The molecule has 2 fully saturated rings. The number of aromatic nitrogens is 7. The lowest BCUT2D eigenvalue weighted by Gasteiger charge is -2.37. The Balaban J connectivity index is 0.867. The van der Waals surface area contributed by atoms with Crippen molar-refractivity contribution in [1.29, 1.82) is 0 Å². The van der Waals surface area contributed by atoms with Crippen molar-refractivity contribution >= 4 is 87.0 Å². The van der Waals surface area contributed by atoms with Crippen LogP contribution in [0.2, 0.25) is 0 Å². The zero-order valence-electron chi connectivity index (χ0n) is 74.6. The van der Waals surface area contributed by atoms with Crippen LogP contribution >= 0.6 is 0 Å². The van der Waals surface area contributed by atoms with Gasteiger partial charge in [-0.2, -0.15) is 0 Å². The summed E-state index contributed by atoms with van der Waals surface area (Å²) in [5, 5.41) is 55.4. The number of amides is 10. The zero-order chi connectivity index (χ0) is 91.9. The smallest absolute Gasteiger partial charge is 0.410 e. The fourth-order valence-corrected chi connectivity index (χ4v) is 15.0. The molecule has 2 aromatic heterocycles. The van der Waals surface area contributed by atoms with Gasteiger partial charge >= 0.3 is 18.2 Å². The number of carboxylic acid groups (broad SMARTS) is 1. The lowest BCUT2D eigenvalue weighted by molar-refractivity contribution is -0.145. The van der Waals surface area contributed by atoms with Crippen LogP contribution in [0.1, 0.15) is 162 Å². The van der Waals surface area contributed by atoms with E-state index in [0.29, 0.717) is 46.9 Å². The summed E-state index contributed by atoms with van der Waals surface area (Å²) in [5.74, 6) is -5.79. The van der Waals surface area contributed by atoms with Crippen LogP contribution in [0.25, 0.3) is 21.5 Å². The number of tetrazole rings is 1. The van der Waals surface area contributed by atoms with Crippen LogP contribution < -0.4 is 41.4 Å². The monoisotopic (exact) mass is 1730 g/mol. The first-order valence-corrected chi connectivity index (χ1v) is 42.3. The molecule has 0 bridgehead atoms. The summed E-state index contributed by atoms with van der Waals surface area (Å²) in [6.07, 6.45) is 3.84. The Morgan fingerprint density at radius 2 is 0.976 bits per heavy atom. The Morgan fingerprint density at radius 1 is 0.524 bits per heavy atom. The highest BCUT2D eigenvalue weighted by Crippen LogP contribution is 2.35. The number of nitrogens with zero attached hydrogens (tertiary/aromatic N) is 10. The van der Waals surface area contributed by atoms with Gasteiger partial charge in [0.15, 0.2) is 5.82 Å². The van der Waals surface area contributed by atoms with Crippen molar-refractivity contribution in [3.8, 4) is 11.5 Å². The van der Waals surface area contributed by atoms with Gasteiger partial charge < -0.3 is 65.8 Å². The van der Waals surface area contributed by atoms with Crippen LogP contribution in [0.5, 0.6) is 11.5 Å². The van der Waals surface area contributed by atoms with Gasteiger partial charge in [0.05, 0.1) is 18.3 Å². The molecule has 4 heterocycles. The van der Waals surface area contributed by atoms with E-state index in [-0.39, 0.29) is 70.0 Å². The van der Waals surface area contributed by atoms with Gasteiger partial charge in [0.25, 0.3) is 0 Å². The van der Waals surface area contributed by atoms with Gasteiger partial charge in [-0.3, -0.25) is 48.2 Å². The number of likely N-dealkylation sites (tertiary alicyclic amines) is 2. The number of carboxylic acids is 1. The van der Waals surface area contributed by atoms with E-state index >= 15 is 24.0 Å². The average molecular weight is 1730 g/mol. The van der Waals surface area contributed by atoms with Crippen LogP contribution in [0, 0.1) is 16.7 Å². The molecule has 33 heteroatoms. The predicted octanol–water partition coefficient (Wildman–Crippen LogP) is 9.42. The number of ether oxygens (including phenoxy) is 4. The third-order valence-corrected chi connectivity index (χ3v) is 22.2. The van der Waals surface area contributed by atoms with Crippen molar-refractivity contribution in [1.82, 2.24) is 87.1 Å². The number of fused-ring (bicyclic) bond motifs is 2. The van der Waals surface area contributed by atoms with Gasteiger partial charge in [-0.25, -0.2) is 24.2 Å². The fraction of sp³-hybridized carbons (Fsp3) is 0.462. The minimum Gasteiger partial charge on any atom is -0.490 e. The maximum Gasteiger partial charge on any atom is 0.410 e. The second kappa shape index (κ2) is 41.1. The number of benzene rings is 6. The number of nitrogens with one attached hydrogen (secondary N) is 7. The molecular weight excluding hydrogens is 1610 g/mol. The SMILES string of the molecule is C=CCOc1ccc(C[C@H](NC(=O)[C@H](Cc2ccc3ccccc3c2)NC(=O)[C@@H]2C[C@@H](n3cc(COc4ccc(CC(NC(=O)[C@H](Cc5ccc6ccccc6c5)NC(=O)[C@@H]5C[C@H](CC=C)CN5C(=O)[C@@H](NC(=O)[C@H](C)N(C)C(=O)OC(C)(C)C)C(C)(C)C)C(=O)O)cc4)nn3)CN2C(=O)[C@@H](NC(=O)[C@H](C)N(C)C(=O)OC(C)(C)C)C(C)(C)C)c2nnn[nH]2)cc1. The summed E-state index contributed by atoms with van der Waals surface area (Å²) in [5.41, 5.74) is -0.730. The van der Waals surface area contributed by atoms with Crippen molar-refractivity contribution < 1.29 is 76.8 Å². The van der Waals surface area contributed by atoms with E-state index in [1.54, 1.807) is 138 Å². The molecule has 8 aromatic rings. The van der Waals surface area contributed by atoms with Crippen molar-refractivity contribution in [2.24, 2.45) is 16.7 Å². The number of aliphatic carboxylic acids is 1. The van der Waals surface area contributed by atoms with Gasteiger partial charge in [0.1, 0.15) is 96.0 Å². The first kappa shape index (κ1) is 95.1. The number of carbonyl (C=O) groups excluding carboxylic acids is 10. The van der Waals surface area contributed by atoms with Crippen molar-refractivity contribution in [2.75, 3.05) is 33.8 Å². The number of hydrogen-bond donors (Lipinski definition) is 8. The lowest BCUT2D eigenvalue weighted by atomic mass is 9.85. The molecule has 2 aliphatic heterocycles. The molecule has 33 nitrogen and oxygen atoms in total. The van der Waals surface area contributed by atoms with Gasteiger partial charge in [-0.15, -0.1) is 16.8 Å². The maximum atomic E-state index is 15.6. The van der Waals surface area contributed by atoms with Crippen molar-refractivity contribution in [3.63, 3.8) is 0 Å². The molecule has 0 saturated carbocycles. The standard InChI is InChI=1S/C93H119N17O16/c1-19-25-61-49-74(108(51-61)85(117)76(90(5,6)7)98-79(111)55(3)106(17)88(121)125-92(11,12)13)83(115)95-72(48-60-31-37-63-27-22-24-29-65(63)44-60)82(114)97-73(87(119)120)46-58-34-40-69(41-35-58)124-54-66-52-110(105-100-66)67-50-75(109(53-67)86(118)77(91(8,9)10)99-80(112)56(4)107(18)89(122)126-93(14,15)16)84(116)96-71(47-59-30-36-62-26-21-23-28-64(62)43-59)81(113)94-70(78-101-103-104-102-78)45-57-32-38-68(39-33-57)123-42-20-2/h19-24,26-41,43-44,52,55-56,61,67,70-77H,1-2,25,42,45-51,53-54H2,3-18H3,(H,94,113)(H,95,115)(H,96,116)(H,97,114)(H,98,111)(H,99,112)(H,119,120)(H,101,102,103,104)/t55-,56-,61-,67+,70-,71-,72-,73?,74-,75-,76+,77+/m0/s1. The van der Waals surface area contributed by atoms with E-state index in [0.717, 1.165) is 36.9 Å². The molecule has 2 aliphatic rings. The van der Waals surface area contributed by atoms with E-state index < -0.39 is 154 Å². The lowest BCUT2D eigenvalue weighted by Crippen LogP contribution is -2.61. The van der Waals surface area contributed by atoms with Gasteiger partial charge in [-0.1, -0.05) is 175 Å². The minimum atomic E-state index is -1.53. The average Bonchev–Trinajstić information content (AvgIpc) is 1.60. The molecule has 126 heavy (non-hydrogen) atoms. The molecule has 0 spiro atoms. The number of rotatable bonds is 35. The highest BCUT2D eigenvalue weighted by molar-refractivity contribution is 5.99. The Morgan fingerprint density at radius 3 is 1.44 bits per heavy atom. The van der Waals surface area contributed by atoms with Crippen LogP contribution in [-0.4, -0.2) is 225 Å². The molecule has 10 rings (SSSR count). The Bertz CT molecular complexity index is 5220. The largest absolute Gasteiger partial charge is 0.490 e. The number of hydrogen-bond acceptors (Lipinski definition) is 20. The Hall–Kier alpha value is -13.1. The minimum absolute atomic E-state index is 0.0154. The van der Waals surface area contributed by atoms with E-state index in [2.05, 4.69) is 76.0 Å². The van der Waals surface area contributed by atoms with Crippen LogP contribution in [-0.2, 0) is 84.9 Å². The van der Waals surface area contributed by atoms with Crippen molar-refractivity contribution in [2.45, 2.75) is 226 Å². The molecule has 8 N–H and O–H groups in total. The second-order valence-electron chi connectivity index (χ2n) is 36.6. The third-order valence-electron chi connectivity index (χ3n) is 22.2. The van der Waals surface area contributed by atoms with E-state index in [1.165, 1.54) is 42.4 Å². The van der Waals surface area contributed by atoms with Crippen LogP contribution in [0.15, 0.2) is 165 Å². The highest BCUT2D eigenvalue weighted by atomic mass is 16.6. The second-order valence-corrected chi connectivity index (χ2v) is 36.6. The van der Waals surface area contributed by atoms with Gasteiger partial charge in [-0.05, 0) is 163 Å². The van der Waals surface area contributed by atoms with Gasteiger partial charge in [0, 0.05) is 59.3 Å². The number of aromatic amines is 1. The topological polar surface area (TPSA) is 415 Å². The number of allylic oxidation sites excluding steroid dienone is 1. The number of likely N-dealkylation sites (N-methyl/N-ethyl adjacent to an activating group) is 2. The van der Waals surface area contributed by atoms with E-state index in [9.17, 15) is 33.9 Å². The molecule has 6 aromatic carbocycles.